The van der Waals surface area contributed by atoms with Crippen LogP contribution >= 0.6 is 0 Å². The maximum Gasteiger partial charge on any atom is 0.240 e. The van der Waals surface area contributed by atoms with Crippen molar-refractivity contribution in [3.05, 3.63) is 59.2 Å². The number of nitrogens with one attached hydrogen (secondary N) is 1. The molecule has 22 heavy (non-hydrogen) atoms. The fraction of sp³-hybridized carbons (Fsp3) is 0.294. The zero-order valence-electron chi connectivity index (χ0n) is 12.7. The second-order valence-electron chi connectivity index (χ2n) is 5.67. The third-order valence-electron chi connectivity index (χ3n) is 3.95. The van der Waals surface area contributed by atoms with E-state index in [1.54, 1.807) is 6.07 Å². The number of fused-ring (bicyclic) bond motifs is 1. The summed E-state index contributed by atoms with van der Waals surface area (Å²) >= 11 is 0. The van der Waals surface area contributed by atoms with Crippen molar-refractivity contribution in [3.63, 3.8) is 0 Å². The van der Waals surface area contributed by atoms with Crippen LogP contribution in [0.15, 0.2) is 47.4 Å². The van der Waals surface area contributed by atoms with Crippen LogP contribution in [0.3, 0.4) is 0 Å². The molecule has 1 unspecified atom stereocenters. The Hall–Kier alpha value is -1.85. The van der Waals surface area contributed by atoms with Gasteiger partial charge in [-0.25, -0.2) is 13.1 Å². The molecule has 0 amide bonds. The second-order valence-corrected chi connectivity index (χ2v) is 7.40. The Labute approximate surface area is 131 Å². The molecule has 5 heteroatoms. The van der Waals surface area contributed by atoms with Gasteiger partial charge >= 0.3 is 0 Å². The molecule has 1 atom stereocenters. The van der Waals surface area contributed by atoms with Crippen LogP contribution in [0.25, 0.3) is 0 Å². The van der Waals surface area contributed by atoms with Crippen LogP contribution in [-0.4, -0.2) is 21.6 Å². The summed E-state index contributed by atoms with van der Waals surface area (Å²) in [7, 11) is -3.51. The number of para-hydroxylation sites is 1. The van der Waals surface area contributed by atoms with Gasteiger partial charge in [0.25, 0.3) is 0 Å². The Morgan fingerprint density at radius 1 is 1.18 bits per heavy atom. The van der Waals surface area contributed by atoms with Gasteiger partial charge in [-0.3, -0.25) is 0 Å². The Morgan fingerprint density at radius 2 is 1.95 bits per heavy atom. The summed E-state index contributed by atoms with van der Waals surface area (Å²) < 4.78 is 33.4. The van der Waals surface area contributed by atoms with Crippen molar-refractivity contribution in [3.8, 4) is 5.75 Å². The predicted octanol–water partition coefficient (Wildman–Crippen LogP) is 2.76. The SMILES string of the molecule is Cc1ccc(C)c(S(=O)(=O)NCC2COc3ccccc32)c1. The topological polar surface area (TPSA) is 55.4 Å². The molecule has 1 N–H and O–H groups in total. The van der Waals surface area contributed by atoms with Crippen molar-refractivity contribution in [2.45, 2.75) is 24.7 Å². The lowest BCUT2D eigenvalue weighted by molar-refractivity contribution is 0.330. The molecule has 4 nitrogen and oxygen atoms in total. The molecule has 0 aromatic heterocycles. The Kier molecular flexibility index (Phi) is 3.93. The molecule has 1 heterocycles. The summed E-state index contributed by atoms with van der Waals surface area (Å²) in [6.07, 6.45) is 0. The Morgan fingerprint density at radius 3 is 2.77 bits per heavy atom. The second kappa shape index (κ2) is 5.74. The monoisotopic (exact) mass is 317 g/mol. The molecule has 0 spiro atoms. The summed E-state index contributed by atoms with van der Waals surface area (Å²) in [4.78, 5) is 0.347. The summed E-state index contributed by atoms with van der Waals surface area (Å²) in [5.74, 6) is 0.898. The van der Waals surface area contributed by atoms with E-state index in [1.807, 2.05) is 50.2 Å². The van der Waals surface area contributed by atoms with E-state index in [0.29, 0.717) is 18.0 Å². The van der Waals surface area contributed by atoms with Crippen molar-refractivity contribution in [2.24, 2.45) is 0 Å². The summed E-state index contributed by atoms with van der Waals surface area (Å²) in [6, 6.07) is 13.2. The minimum absolute atomic E-state index is 0.0519. The molecule has 0 saturated heterocycles. The van der Waals surface area contributed by atoms with Crippen LogP contribution in [0, 0.1) is 13.8 Å². The van der Waals surface area contributed by atoms with Gasteiger partial charge < -0.3 is 4.74 Å². The maximum absolute atomic E-state index is 12.5. The lowest BCUT2D eigenvalue weighted by Crippen LogP contribution is -2.29. The molecule has 2 aromatic rings. The third kappa shape index (κ3) is 2.87. The minimum atomic E-state index is -3.51. The molecule has 0 radical (unpaired) electrons. The number of benzene rings is 2. The summed E-state index contributed by atoms with van der Waals surface area (Å²) in [5, 5.41) is 0. The van der Waals surface area contributed by atoms with Crippen molar-refractivity contribution in [2.75, 3.05) is 13.2 Å². The highest BCUT2D eigenvalue weighted by atomic mass is 32.2. The standard InChI is InChI=1S/C17H19NO3S/c1-12-7-8-13(2)17(9-12)22(19,20)18-10-14-11-21-16-6-4-3-5-15(14)16/h3-9,14,18H,10-11H2,1-2H3. The van der Waals surface area contributed by atoms with E-state index >= 15 is 0 Å². The largest absolute Gasteiger partial charge is 0.493 e. The van der Waals surface area contributed by atoms with Crippen molar-refractivity contribution >= 4 is 10.0 Å². The molecule has 2 aromatic carbocycles. The highest BCUT2D eigenvalue weighted by Gasteiger charge is 2.26. The van der Waals surface area contributed by atoms with Gasteiger partial charge in [-0.1, -0.05) is 30.3 Å². The van der Waals surface area contributed by atoms with Gasteiger partial charge in [0, 0.05) is 18.0 Å². The van der Waals surface area contributed by atoms with Gasteiger partial charge in [-0.15, -0.1) is 0 Å². The molecule has 0 fully saturated rings. The van der Waals surface area contributed by atoms with E-state index in [0.717, 1.165) is 22.4 Å². The number of ether oxygens (including phenoxy) is 1. The number of hydrogen-bond acceptors (Lipinski definition) is 3. The van der Waals surface area contributed by atoms with Crippen LogP contribution in [-0.2, 0) is 10.0 Å². The Balaban J connectivity index is 1.78. The van der Waals surface area contributed by atoms with E-state index in [4.69, 9.17) is 4.74 Å². The van der Waals surface area contributed by atoms with E-state index in [9.17, 15) is 8.42 Å². The first kappa shape index (κ1) is 15.1. The fourth-order valence-electron chi connectivity index (χ4n) is 2.68. The van der Waals surface area contributed by atoms with Gasteiger partial charge in [0.15, 0.2) is 0 Å². The van der Waals surface area contributed by atoms with Gasteiger partial charge in [0.1, 0.15) is 5.75 Å². The van der Waals surface area contributed by atoms with Crippen LogP contribution < -0.4 is 9.46 Å². The first-order valence-electron chi connectivity index (χ1n) is 7.26. The number of hydrogen-bond donors (Lipinski definition) is 1. The first-order valence-corrected chi connectivity index (χ1v) is 8.74. The number of sulfonamides is 1. The highest BCUT2D eigenvalue weighted by Crippen LogP contribution is 2.33. The molecule has 116 valence electrons. The van der Waals surface area contributed by atoms with Gasteiger partial charge in [-0.2, -0.15) is 0 Å². The predicted molar refractivity (Wildman–Crippen MR) is 85.8 cm³/mol. The maximum atomic E-state index is 12.5. The molecular formula is C17H19NO3S. The average molecular weight is 317 g/mol. The first-order chi connectivity index (χ1) is 10.5. The minimum Gasteiger partial charge on any atom is -0.493 e. The van der Waals surface area contributed by atoms with Crippen LogP contribution in [0.1, 0.15) is 22.6 Å². The van der Waals surface area contributed by atoms with Crippen molar-refractivity contribution < 1.29 is 13.2 Å². The molecule has 0 saturated carbocycles. The van der Waals surface area contributed by atoms with Crippen molar-refractivity contribution in [1.29, 1.82) is 0 Å². The van der Waals surface area contributed by atoms with E-state index < -0.39 is 10.0 Å². The van der Waals surface area contributed by atoms with Gasteiger partial charge in [-0.05, 0) is 37.1 Å². The third-order valence-corrected chi connectivity index (χ3v) is 5.52. The number of aryl methyl sites for hydroxylation is 2. The van der Waals surface area contributed by atoms with E-state index in [1.165, 1.54) is 0 Å². The normalized spacial score (nSPS) is 17.1. The molecule has 0 bridgehead atoms. The van der Waals surface area contributed by atoms with Crippen LogP contribution in [0.2, 0.25) is 0 Å². The van der Waals surface area contributed by atoms with Gasteiger partial charge in [0.05, 0.1) is 11.5 Å². The van der Waals surface area contributed by atoms with Crippen LogP contribution in [0.5, 0.6) is 5.75 Å². The zero-order chi connectivity index (χ0) is 15.7. The zero-order valence-corrected chi connectivity index (χ0v) is 13.5. The van der Waals surface area contributed by atoms with E-state index in [2.05, 4.69) is 4.72 Å². The lowest BCUT2D eigenvalue weighted by Gasteiger charge is -2.13. The van der Waals surface area contributed by atoms with E-state index in [-0.39, 0.29) is 5.92 Å². The Bertz CT molecular complexity index is 799. The summed E-state index contributed by atoms with van der Waals surface area (Å²) in [6.45, 7) is 4.54. The van der Waals surface area contributed by atoms with Crippen molar-refractivity contribution in [1.82, 2.24) is 4.72 Å². The molecule has 0 aliphatic carbocycles. The summed E-state index contributed by atoms with van der Waals surface area (Å²) in [5.41, 5.74) is 2.74. The molecule has 3 rings (SSSR count). The fourth-order valence-corrected chi connectivity index (χ4v) is 4.09. The molecule has 1 aliphatic heterocycles. The highest BCUT2D eigenvalue weighted by molar-refractivity contribution is 7.89. The number of rotatable bonds is 4. The smallest absolute Gasteiger partial charge is 0.240 e. The quantitative estimate of drug-likeness (QED) is 0.943. The van der Waals surface area contributed by atoms with Crippen LogP contribution in [0.4, 0.5) is 0 Å². The van der Waals surface area contributed by atoms with Gasteiger partial charge in [0.2, 0.25) is 10.0 Å². The molecule has 1 aliphatic rings. The lowest BCUT2D eigenvalue weighted by atomic mass is 10.0. The average Bonchev–Trinajstić information content (AvgIpc) is 2.91. The molecular weight excluding hydrogens is 298 g/mol.